The Hall–Kier alpha value is -2.95. The highest BCUT2D eigenvalue weighted by atomic mass is 16.5. The number of hydrogen-bond acceptors (Lipinski definition) is 4. The highest BCUT2D eigenvalue weighted by molar-refractivity contribution is 5.92. The van der Waals surface area contributed by atoms with Gasteiger partial charge in [-0.3, -0.25) is 4.79 Å². The molecule has 0 bridgehead atoms. The van der Waals surface area contributed by atoms with Crippen molar-refractivity contribution >= 4 is 17.7 Å². The van der Waals surface area contributed by atoms with Gasteiger partial charge >= 0.3 is 0 Å². The molecule has 0 N–H and O–H groups in total. The summed E-state index contributed by atoms with van der Waals surface area (Å²) >= 11 is 0. The standard InChI is InChI=1S/C25H32N2O3/c1-18(2)30-23-11-9-21(17-24(23)29-5)10-12-25(28)27-15-13-26(14-16-27)22-8-6-7-19(3)20(22)4/h6-12,17-18H,13-16H2,1-5H3. The van der Waals surface area contributed by atoms with E-state index in [0.29, 0.717) is 11.5 Å². The number of amides is 1. The lowest BCUT2D eigenvalue weighted by atomic mass is 10.1. The quantitative estimate of drug-likeness (QED) is 0.662. The maximum atomic E-state index is 12.7. The Morgan fingerprint density at radius 3 is 2.43 bits per heavy atom. The van der Waals surface area contributed by atoms with Gasteiger partial charge in [0.25, 0.3) is 0 Å². The van der Waals surface area contributed by atoms with Crippen LogP contribution in [0.1, 0.15) is 30.5 Å². The van der Waals surface area contributed by atoms with Crippen LogP contribution in [-0.4, -0.2) is 50.2 Å². The number of ether oxygens (including phenoxy) is 2. The fourth-order valence-corrected chi connectivity index (χ4v) is 3.66. The second-order valence-electron chi connectivity index (χ2n) is 7.94. The SMILES string of the molecule is COc1cc(C=CC(=O)N2CCN(c3cccc(C)c3C)CC2)ccc1OC(C)C. The molecule has 0 saturated carbocycles. The summed E-state index contributed by atoms with van der Waals surface area (Å²) in [5.41, 5.74) is 4.80. The first-order chi connectivity index (χ1) is 14.4. The zero-order valence-corrected chi connectivity index (χ0v) is 18.6. The summed E-state index contributed by atoms with van der Waals surface area (Å²) < 4.78 is 11.2. The first-order valence-corrected chi connectivity index (χ1v) is 10.5. The van der Waals surface area contributed by atoms with E-state index in [2.05, 4.69) is 36.9 Å². The molecule has 5 heteroatoms. The van der Waals surface area contributed by atoms with Crippen LogP contribution < -0.4 is 14.4 Å². The molecule has 1 saturated heterocycles. The van der Waals surface area contributed by atoms with E-state index in [-0.39, 0.29) is 12.0 Å². The molecular formula is C25H32N2O3. The van der Waals surface area contributed by atoms with Crippen LogP contribution in [0.3, 0.4) is 0 Å². The van der Waals surface area contributed by atoms with Crippen LogP contribution in [0.4, 0.5) is 5.69 Å². The van der Waals surface area contributed by atoms with Gasteiger partial charge in [-0.05, 0) is 68.7 Å². The third kappa shape index (κ3) is 5.15. The Labute approximate surface area is 179 Å². The van der Waals surface area contributed by atoms with E-state index >= 15 is 0 Å². The number of aryl methyl sites for hydroxylation is 1. The summed E-state index contributed by atoms with van der Waals surface area (Å²) in [6.45, 7) is 11.4. The molecule has 1 amide bonds. The van der Waals surface area contributed by atoms with E-state index in [4.69, 9.17) is 9.47 Å². The minimum Gasteiger partial charge on any atom is -0.493 e. The summed E-state index contributed by atoms with van der Waals surface area (Å²) in [4.78, 5) is 16.9. The average Bonchev–Trinajstić information content (AvgIpc) is 2.74. The topological polar surface area (TPSA) is 42.0 Å². The molecule has 0 aliphatic carbocycles. The molecule has 5 nitrogen and oxygen atoms in total. The minimum absolute atomic E-state index is 0.0390. The van der Waals surface area contributed by atoms with Crippen molar-refractivity contribution in [3.05, 3.63) is 59.2 Å². The second kappa shape index (κ2) is 9.70. The Morgan fingerprint density at radius 2 is 1.77 bits per heavy atom. The highest BCUT2D eigenvalue weighted by Gasteiger charge is 2.21. The van der Waals surface area contributed by atoms with Crippen LogP contribution in [0.2, 0.25) is 0 Å². The van der Waals surface area contributed by atoms with E-state index < -0.39 is 0 Å². The summed E-state index contributed by atoms with van der Waals surface area (Å²) in [7, 11) is 1.62. The van der Waals surface area contributed by atoms with Crippen LogP contribution in [0.25, 0.3) is 6.08 Å². The second-order valence-corrected chi connectivity index (χ2v) is 7.94. The molecule has 0 aromatic heterocycles. The van der Waals surface area contributed by atoms with E-state index in [0.717, 1.165) is 31.7 Å². The van der Waals surface area contributed by atoms with Crippen molar-refractivity contribution in [1.82, 2.24) is 4.90 Å². The molecule has 1 aliphatic rings. The number of carbonyl (C=O) groups is 1. The first-order valence-electron chi connectivity index (χ1n) is 10.5. The van der Waals surface area contributed by atoms with Crippen molar-refractivity contribution in [2.45, 2.75) is 33.8 Å². The van der Waals surface area contributed by atoms with Crippen LogP contribution in [0.15, 0.2) is 42.5 Å². The number of piperazine rings is 1. The molecule has 160 valence electrons. The predicted octanol–water partition coefficient (Wildman–Crippen LogP) is 4.46. The van der Waals surface area contributed by atoms with Gasteiger partial charge in [-0.25, -0.2) is 0 Å². The minimum atomic E-state index is 0.0390. The van der Waals surface area contributed by atoms with Gasteiger partial charge in [-0.1, -0.05) is 18.2 Å². The predicted molar refractivity (Wildman–Crippen MR) is 123 cm³/mol. The summed E-state index contributed by atoms with van der Waals surface area (Å²) in [6, 6.07) is 12.1. The van der Waals surface area contributed by atoms with Crippen molar-refractivity contribution in [1.29, 1.82) is 0 Å². The Bertz CT molecular complexity index is 913. The van der Waals surface area contributed by atoms with Gasteiger partial charge in [0.05, 0.1) is 13.2 Å². The van der Waals surface area contributed by atoms with Gasteiger partial charge in [-0.2, -0.15) is 0 Å². The highest BCUT2D eigenvalue weighted by Crippen LogP contribution is 2.29. The van der Waals surface area contributed by atoms with Gasteiger partial charge in [0.2, 0.25) is 5.91 Å². The summed E-state index contributed by atoms with van der Waals surface area (Å²) in [5.74, 6) is 1.41. The maximum Gasteiger partial charge on any atom is 0.246 e. The van der Waals surface area contributed by atoms with Crippen LogP contribution in [0, 0.1) is 13.8 Å². The normalized spacial score (nSPS) is 14.5. The lowest BCUT2D eigenvalue weighted by molar-refractivity contribution is -0.126. The average molecular weight is 409 g/mol. The molecule has 30 heavy (non-hydrogen) atoms. The molecule has 1 heterocycles. The monoisotopic (exact) mass is 408 g/mol. The van der Waals surface area contributed by atoms with Gasteiger partial charge < -0.3 is 19.3 Å². The third-order valence-corrected chi connectivity index (χ3v) is 5.48. The molecule has 1 aliphatic heterocycles. The van der Waals surface area contributed by atoms with Crippen molar-refractivity contribution in [3.63, 3.8) is 0 Å². The fourth-order valence-electron chi connectivity index (χ4n) is 3.66. The van der Waals surface area contributed by atoms with Gasteiger partial charge in [-0.15, -0.1) is 0 Å². The number of nitrogens with zero attached hydrogens (tertiary/aromatic N) is 2. The smallest absolute Gasteiger partial charge is 0.246 e. The zero-order chi connectivity index (χ0) is 21.7. The number of hydrogen-bond donors (Lipinski definition) is 0. The molecule has 2 aromatic rings. The molecule has 2 aromatic carbocycles. The molecule has 0 spiro atoms. The molecule has 0 radical (unpaired) electrons. The van der Waals surface area contributed by atoms with E-state index in [1.165, 1.54) is 16.8 Å². The van der Waals surface area contributed by atoms with Gasteiger partial charge in [0.1, 0.15) is 0 Å². The molecular weight excluding hydrogens is 376 g/mol. The van der Waals surface area contributed by atoms with Crippen molar-refractivity contribution in [2.75, 3.05) is 38.2 Å². The van der Waals surface area contributed by atoms with Crippen LogP contribution >= 0.6 is 0 Å². The van der Waals surface area contributed by atoms with E-state index in [1.807, 2.05) is 43.0 Å². The molecule has 3 rings (SSSR count). The number of benzene rings is 2. The number of carbonyl (C=O) groups excluding carboxylic acids is 1. The van der Waals surface area contributed by atoms with Crippen molar-refractivity contribution < 1.29 is 14.3 Å². The largest absolute Gasteiger partial charge is 0.493 e. The Kier molecular flexibility index (Phi) is 7.03. The lowest BCUT2D eigenvalue weighted by Gasteiger charge is -2.36. The number of anilines is 1. The lowest BCUT2D eigenvalue weighted by Crippen LogP contribution is -2.48. The molecule has 0 unspecified atom stereocenters. The van der Waals surface area contributed by atoms with Crippen LogP contribution in [0.5, 0.6) is 11.5 Å². The molecule has 0 atom stereocenters. The number of methoxy groups -OCH3 is 1. The van der Waals surface area contributed by atoms with E-state index in [1.54, 1.807) is 13.2 Å². The Balaban J connectivity index is 1.60. The van der Waals surface area contributed by atoms with Crippen molar-refractivity contribution in [2.24, 2.45) is 0 Å². The Morgan fingerprint density at radius 1 is 1.03 bits per heavy atom. The number of rotatable bonds is 6. The maximum absolute atomic E-state index is 12.7. The van der Waals surface area contributed by atoms with E-state index in [9.17, 15) is 4.79 Å². The van der Waals surface area contributed by atoms with Gasteiger partial charge in [0.15, 0.2) is 11.5 Å². The fraction of sp³-hybridized carbons (Fsp3) is 0.400. The van der Waals surface area contributed by atoms with Crippen LogP contribution in [-0.2, 0) is 4.79 Å². The van der Waals surface area contributed by atoms with Crippen molar-refractivity contribution in [3.8, 4) is 11.5 Å². The molecule has 1 fully saturated rings. The summed E-state index contributed by atoms with van der Waals surface area (Å²) in [6.07, 6.45) is 3.55. The zero-order valence-electron chi connectivity index (χ0n) is 18.6. The third-order valence-electron chi connectivity index (χ3n) is 5.48. The summed E-state index contributed by atoms with van der Waals surface area (Å²) in [5, 5.41) is 0. The first kappa shape index (κ1) is 21.8. The van der Waals surface area contributed by atoms with Gasteiger partial charge in [0, 0.05) is 37.9 Å².